The van der Waals surface area contributed by atoms with Crippen LogP contribution in [0.1, 0.15) is 37.7 Å². The second-order valence-corrected chi connectivity index (χ2v) is 6.00. The Hall–Kier alpha value is -2.09. The summed E-state index contributed by atoms with van der Waals surface area (Å²) < 4.78 is 37.3. The van der Waals surface area contributed by atoms with Gasteiger partial charge in [0.05, 0.1) is 11.2 Å². The van der Waals surface area contributed by atoms with Crippen molar-refractivity contribution in [3.05, 3.63) is 29.8 Å². The number of nitrogens with one attached hydrogen (secondary N) is 2. The van der Waals surface area contributed by atoms with Crippen molar-refractivity contribution in [1.82, 2.24) is 5.32 Å². The molecule has 0 aliphatic heterocycles. The highest BCUT2D eigenvalue weighted by Crippen LogP contribution is 2.30. The lowest BCUT2D eigenvalue weighted by atomic mass is 9.85. The number of rotatable bonds is 3. The molecule has 2 amide bonds. The fourth-order valence-electron chi connectivity index (χ4n) is 2.64. The molecular weight excluding hydrogens is 325 g/mol. The zero-order chi connectivity index (χ0) is 17.8. The minimum atomic E-state index is -4.46. The van der Waals surface area contributed by atoms with Gasteiger partial charge in [-0.25, -0.2) is 0 Å². The summed E-state index contributed by atoms with van der Waals surface area (Å²) in [5.74, 6) is -1.93. The molecule has 2 rings (SSSR count). The van der Waals surface area contributed by atoms with Crippen LogP contribution < -0.4 is 10.6 Å². The molecule has 1 aromatic rings. The molecule has 132 valence electrons. The molecule has 1 aliphatic carbocycles. The molecule has 1 aliphatic rings. The van der Waals surface area contributed by atoms with E-state index in [1.807, 2.05) is 0 Å². The van der Waals surface area contributed by atoms with Gasteiger partial charge in [-0.05, 0) is 37.1 Å². The van der Waals surface area contributed by atoms with Crippen molar-refractivity contribution < 1.29 is 27.9 Å². The van der Waals surface area contributed by atoms with E-state index in [9.17, 15) is 27.9 Å². The number of hydrogen-bond acceptors (Lipinski definition) is 3. The molecule has 8 heteroatoms. The van der Waals surface area contributed by atoms with E-state index < -0.39 is 29.2 Å². The van der Waals surface area contributed by atoms with Gasteiger partial charge in [0.25, 0.3) is 0 Å². The molecule has 0 spiro atoms. The lowest BCUT2D eigenvalue weighted by molar-refractivity contribution is -0.137. The van der Waals surface area contributed by atoms with Crippen LogP contribution >= 0.6 is 0 Å². The van der Waals surface area contributed by atoms with Gasteiger partial charge in [0, 0.05) is 12.2 Å². The quantitative estimate of drug-likeness (QED) is 0.737. The Morgan fingerprint density at radius 2 is 1.62 bits per heavy atom. The normalized spacial score (nSPS) is 17.2. The van der Waals surface area contributed by atoms with E-state index in [4.69, 9.17) is 0 Å². The van der Waals surface area contributed by atoms with Crippen LogP contribution in [0.2, 0.25) is 0 Å². The van der Waals surface area contributed by atoms with Crippen LogP contribution in [0, 0.1) is 0 Å². The summed E-state index contributed by atoms with van der Waals surface area (Å²) in [6.45, 7) is -0.0216. The van der Waals surface area contributed by atoms with Crippen LogP contribution in [0.15, 0.2) is 24.3 Å². The SMILES string of the molecule is O=C(NCC1(O)CCCCC1)C(=O)Nc1ccc(C(F)(F)F)cc1. The van der Waals surface area contributed by atoms with Gasteiger partial charge in [-0.1, -0.05) is 19.3 Å². The van der Waals surface area contributed by atoms with Gasteiger partial charge < -0.3 is 15.7 Å². The van der Waals surface area contributed by atoms with Crippen molar-refractivity contribution in [2.24, 2.45) is 0 Å². The molecule has 3 N–H and O–H groups in total. The fourth-order valence-corrected chi connectivity index (χ4v) is 2.64. The van der Waals surface area contributed by atoms with Gasteiger partial charge in [-0.15, -0.1) is 0 Å². The number of carbonyl (C=O) groups excluding carboxylic acids is 2. The number of hydrogen-bond donors (Lipinski definition) is 3. The van der Waals surface area contributed by atoms with Crippen LogP contribution in [-0.4, -0.2) is 29.1 Å². The Morgan fingerprint density at radius 3 is 2.17 bits per heavy atom. The van der Waals surface area contributed by atoms with Crippen LogP contribution in [-0.2, 0) is 15.8 Å². The Balaban J connectivity index is 1.86. The maximum Gasteiger partial charge on any atom is 0.416 e. The molecule has 0 saturated heterocycles. The van der Waals surface area contributed by atoms with Crippen LogP contribution in [0.25, 0.3) is 0 Å². The Kier molecular flexibility index (Phi) is 5.48. The van der Waals surface area contributed by atoms with Crippen LogP contribution in [0.5, 0.6) is 0 Å². The Bertz CT molecular complexity index is 594. The maximum atomic E-state index is 12.4. The number of halogens is 3. The molecule has 24 heavy (non-hydrogen) atoms. The fraction of sp³-hybridized carbons (Fsp3) is 0.500. The first kappa shape index (κ1) is 18.3. The van der Waals surface area contributed by atoms with Crippen molar-refractivity contribution in [1.29, 1.82) is 0 Å². The molecule has 0 unspecified atom stereocenters. The zero-order valence-corrected chi connectivity index (χ0v) is 12.9. The van der Waals surface area contributed by atoms with Crippen molar-refractivity contribution in [2.45, 2.75) is 43.9 Å². The van der Waals surface area contributed by atoms with Gasteiger partial charge in [0.15, 0.2) is 0 Å². The minimum Gasteiger partial charge on any atom is -0.388 e. The largest absolute Gasteiger partial charge is 0.416 e. The van der Waals surface area contributed by atoms with Crippen molar-refractivity contribution in [3.63, 3.8) is 0 Å². The zero-order valence-electron chi connectivity index (χ0n) is 12.9. The first-order chi connectivity index (χ1) is 11.2. The van der Waals surface area contributed by atoms with E-state index in [2.05, 4.69) is 10.6 Å². The first-order valence-corrected chi connectivity index (χ1v) is 7.68. The number of benzene rings is 1. The molecule has 1 saturated carbocycles. The van der Waals surface area contributed by atoms with E-state index in [0.717, 1.165) is 43.5 Å². The molecule has 0 aromatic heterocycles. The summed E-state index contributed by atoms with van der Waals surface area (Å²) in [6, 6.07) is 3.78. The van der Waals surface area contributed by atoms with Crippen molar-refractivity contribution in [3.8, 4) is 0 Å². The number of amides is 2. The Labute approximate surface area is 137 Å². The predicted molar refractivity (Wildman–Crippen MR) is 81.1 cm³/mol. The second kappa shape index (κ2) is 7.21. The Morgan fingerprint density at radius 1 is 1.04 bits per heavy atom. The monoisotopic (exact) mass is 344 g/mol. The van der Waals surface area contributed by atoms with E-state index in [-0.39, 0.29) is 12.2 Å². The van der Waals surface area contributed by atoms with Gasteiger partial charge in [0.2, 0.25) is 0 Å². The summed E-state index contributed by atoms with van der Waals surface area (Å²) in [7, 11) is 0. The van der Waals surface area contributed by atoms with E-state index >= 15 is 0 Å². The smallest absolute Gasteiger partial charge is 0.388 e. The first-order valence-electron chi connectivity index (χ1n) is 7.68. The minimum absolute atomic E-state index is 0.0216. The van der Waals surface area contributed by atoms with Gasteiger partial charge in [0.1, 0.15) is 0 Å². The topological polar surface area (TPSA) is 78.4 Å². The summed E-state index contributed by atoms with van der Waals surface area (Å²) >= 11 is 0. The highest BCUT2D eigenvalue weighted by Gasteiger charge is 2.31. The van der Waals surface area contributed by atoms with Crippen LogP contribution in [0.4, 0.5) is 18.9 Å². The molecule has 0 radical (unpaired) electrons. The number of aliphatic hydroxyl groups is 1. The summed E-state index contributed by atoms with van der Waals surface area (Å²) in [4.78, 5) is 23.5. The molecular formula is C16H19F3N2O3. The number of alkyl halides is 3. The predicted octanol–water partition coefficient (Wildman–Crippen LogP) is 2.46. The second-order valence-electron chi connectivity index (χ2n) is 6.00. The number of anilines is 1. The lowest BCUT2D eigenvalue weighted by Crippen LogP contribution is -2.47. The lowest BCUT2D eigenvalue weighted by Gasteiger charge is -2.31. The van der Waals surface area contributed by atoms with Gasteiger partial charge >= 0.3 is 18.0 Å². The van der Waals surface area contributed by atoms with Gasteiger partial charge in [-0.3, -0.25) is 9.59 Å². The third kappa shape index (κ3) is 4.95. The molecule has 1 fully saturated rings. The average Bonchev–Trinajstić information content (AvgIpc) is 2.53. The molecule has 0 heterocycles. The van der Waals surface area contributed by atoms with E-state index in [0.29, 0.717) is 12.8 Å². The van der Waals surface area contributed by atoms with E-state index in [1.54, 1.807) is 0 Å². The highest BCUT2D eigenvalue weighted by atomic mass is 19.4. The third-order valence-corrected chi connectivity index (χ3v) is 4.04. The van der Waals surface area contributed by atoms with E-state index in [1.165, 1.54) is 0 Å². The van der Waals surface area contributed by atoms with Crippen molar-refractivity contribution >= 4 is 17.5 Å². The summed E-state index contributed by atoms with van der Waals surface area (Å²) in [5, 5.41) is 14.8. The standard InChI is InChI=1S/C16H19F3N2O3/c17-16(18,19)11-4-6-12(7-5-11)21-14(23)13(22)20-10-15(24)8-2-1-3-9-15/h4-7,24H,1-3,8-10H2,(H,20,22)(H,21,23). The summed E-state index contributed by atoms with van der Waals surface area (Å²) in [6.07, 6.45) is -0.574. The third-order valence-electron chi connectivity index (χ3n) is 4.04. The number of carbonyl (C=O) groups is 2. The summed E-state index contributed by atoms with van der Waals surface area (Å²) in [5.41, 5.74) is -1.76. The average molecular weight is 344 g/mol. The molecule has 0 bridgehead atoms. The van der Waals surface area contributed by atoms with Crippen molar-refractivity contribution in [2.75, 3.05) is 11.9 Å². The highest BCUT2D eigenvalue weighted by molar-refractivity contribution is 6.39. The molecule has 1 aromatic carbocycles. The van der Waals surface area contributed by atoms with Gasteiger partial charge in [-0.2, -0.15) is 13.2 Å². The van der Waals surface area contributed by atoms with Crippen LogP contribution in [0.3, 0.4) is 0 Å². The molecule has 5 nitrogen and oxygen atoms in total. The maximum absolute atomic E-state index is 12.4. The molecule has 0 atom stereocenters.